The van der Waals surface area contributed by atoms with Crippen molar-refractivity contribution in [1.29, 1.82) is 0 Å². The second-order valence-electron chi connectivity index (χ2n) is 8.11. The van der Waals surface area contributed by atoms with Crippen LogP contribution < -0.4 is 10.9 Å². The SMILES string of the molecule is CCOC(=O)c1c(CC(C)C)csc1NC(=O)COC(=O)c1ccc(=O)n(Cc2ccccc2)n1. The Balaban J connectivity index is 1.66. The van der Waals surface area contributed by atoms with Crippen molar-refractivity contribution in [2.75, 3.05) is 18.5 Å². The lowest BCUT2D eigenvalue weighted by Crippen LogP contribution is -2.27. The average Bonchev–Trinajstić information content (AvgIpc) is 3.20. The Morgan fingerprint density at radius 3 is 2.49 bits per heavy atom. The summed E-state index contributed by atoms with van der Waals surface area (Å²) in [6, 6.07) is 11.7. The molecule has 35 heavy (non-hydrogen) atoms. The van der Waals surface area contributed by atoms with E-state index in [1.165, 1.54) is 23.5 Å². The number of nitrogens with one attached hydrogen (secondary N) is 1. The topological polar surface area (TPSA) is 117 Å². The minimum atomic E-state index is -0.848. The fourth-order valence-corrected chi connectivity index (χ4v) is 4.28. The second kappa shape index (κ2) is 12.1. The minimum absolute atomic E-state index is 0.101. The van der Waals surface area contributed by atoms with Crippen LogP contribution in [0, 0.1) is 5.92 Å². The standard InChI is InChI=1S/C25H27N3O6S/c1-4-33-25(32)22-18(12-16(2)3)15-35-23(22)26-20(29)14-34-24(31)19-10-11-21(30)28(27-19)13-17-8-6-5-7-9-17/h5-11,15-16H,4,12-14H2,1-3H3,(H,26,29). The molecule has 2 heterocycles. The van der Waals surface area contributed by atoms with Crippen LogP contribution in [-0.2, 0) is 27.2 Å². The molecular formula is C25H27N3O6S. The third-order valence-electron chi connectivity index (χ3n) is 4.81. The number of carbonyl (C=O) groups excluding carboxylic acids is 3. The van der Waals surface area contributed by atoms with E-state index in [0.717, 1.165) is 15.8 Å². The van der Waals surface area contributed by atoms with Crippen LogP contribution >= 0.6 is 11.3 Å². The molecule has 0 bridgehead atoms. The van der Waals surface area contributed by atoms with Gasteiger partial charge in [-0.05, 0) is 41.8 Å². The summed E-state index contributed by atoms with van der Waals surface area (Å²) in [5, 5.41) is 8.84. The number of nitrogens with zero attached hydrogens (tertiary/aromatic N) is 2. The number of carbonyl (C=O) groups is 3. The highest BCUT2D eigenvalue weighted by atomic mass is 32.1. The first kappa shape index (κ1) is 25.8. The number of anilines is 1. The first-order valence-electron chi connectivity index (χ1n) is 11.1. The van der Waals surface area contributed by atoms with Gasteiger partial charge in [-0.25, -0.2) is 14.3 Å². The Bertz CT molecular complexity index is 1250. The van der Waals surface area contributed by atoms with Crippen molar-refractivity contribution >= 4 is 34.2 Å². The third-order valence-corrected chi connectivity index (χ3v) is 5.76. The molecule has 0 aliphatic carbocycles. The molecule has 0 atom stereocenters. The molecule has 3 aromatic rings. The predicted molar refractivity (Wildman–Crippen MR) is 132 cm³/mol. The fraction of sp³-hybridized carbons (Fsp3) is 0.320. The molecule has 1 amide bonds. The number of ether oxygens (including phenoxy) is 2. The van der Waals surface area contributed by atoms with Gasteiger partial charge < -0.3 is 14.8 Å². The summed E-state index contributed by atoms with van der Waals surface area (Å²) in [6.07, 6.45) is 0.653. The van der Waals surface area contributed by atoms with Crippen molar-refractivity contribution in [3.63, 3.8) is 0 Å². The molecule has 184 valence electrons. The highest BCUT2D eigenvalue weighted by Crippen LogP contribution is 2.31. The molecule has 0 saturated carbocycles. The second-order valence-corrected chi connectivity index (χ2v) is 8.99. The molecule has 3 rings (SSSR count). The van der Waals surface area contributed by atoms with Gasteiger partial charge in [0, 0.05) is 6.07 Å². The van der Waals surface area contributed by atoms with E-state index in [2.05, 4.69) is 10.4 Å². The Labute approximate surface area is 206 Å². The number of hydrogen-bond donors (Lipinski definition) is 1. The fourth-order valence-electron chi connectivity index (χ4n) is 3.30. The number of thiophene rings is 1. The molecule has 0 saturated heterocycles. The van der Waals surface area contributed by atoms with Gasteiger partial charge in [0.2, 0.25) is 0 Å². The number of amides is 1. The maximum atomic E-state index is 12.5. The van der Waals surface area contributed by atoms with E-state index in [4.69, 9.17) is 9.47 Å². The van der Waals surface area contributed by atoms with Crippen LogP contribution in [-0.4, -0.2) is 40.8 Å². The molecule has 0 aliphatic rings. The molecule has 1 N–H and O–H groups in total. The Hall–Kier alpha value is -3.79. The molecule has 0 spiro atoms. The van der Waals surface area contributed by atoms with Crippen LogP contribution in [0.5, 0.6) is 0 Å². The molecule has 0 unspecified atom stereocenters. The van der Waals surface area contributed by atoms with E-state index in [0.29, 0.717) is 22.9 Å². The summed E-state index contributed by atoms with van der Waals surface area (Å²) in [5.74, 6) is -1.67. The van der Waals surface area contributed by atoms with E-state index < -0.39 is 24.5 Å². The number of hydrogen-bond acceptors (Lipinski definition) is 8. The van der Waals surface area contributed by atoms with Crippen molar-refractivity contribution in [3.8, 4) is 0 Å². The van der Waals surface area contributed by atoms with Crippen LogP contribution in [0.3, 0.4) is 0 Å². The Morgan fingerprint density at radius 2 is 1.80 bits per heavy atom. The highest BCUT2D eigenvalue weighted by molar-refractivity contribution is 7.15. The predicted octanol–water partition coefficient (Wildman–Crippen LogP) is 3.52. The number of aromatic nitrogens is 2. The van der Waals surface area contributed by atoms with E-state index in [9.17, 15) is 19.2 Å². The highest BCUT2D eigenvalue weighted by Gasteiger charge is 2.23. The summed E-state index contributed by atoms with van der Waals surface area (Å²) >= 11 is 1.21. The van der Waals surface area contributed by atoms with Gasteiger partial charge in [-0.3, -0.25) is 9.59 Å². The zero-order chi connectivity index (χ0) is 25.4. The summed E-state index contributed by atoms with van der Waals surface area (Å²) in [5.41, 5.74) is 1.48. The summed E-state index contributed by atoms with van der Waals surface area (Å²) in [6.45, 7) is 5.58. The molecule has 1 aromatic carbocycles. The van der Waals surface area contributed by atoms with Crippen molar-refractivity contribution in [1.82, 2.24) is 9.78 Å². The lowest BCUT2D eigenvalue weighted by atomic mass is 10.0. The van der Waals surface area contributed by atoms with E-state index in [-0.39, 0.29) is 24.4 Å². The first-order valence-corrected chi connectivity index (χ1v) is 12.0. The van der Waals surface area contributed by atoms with E-state index in [1.54, 1.807) is 6.92 Å². The van der Waals surface area contributed by atoms with Crippen LogP contribution in [0.15, 0.2) is 52.6 Å². The summed E-state index contributed by atoms with van der Waals surface area (Å²) in [4.78, 5) is 49.5. The van der Waals surface area contributed by atoms with Crippen molar-refractivity contribution in [3.05, 3.63) is 80.6 Å². The smallest absolute Gasteiger partial charge is 0.359 e. The molecule has 0 fully saturated rings. The quantitative estimate of drug-likeness (QED) is 0.426. The minimum Gasteiger partial charge on any atom is -0.462 e. The Kier molecular flexibility index (Phi) is 8.91. The normalized spacial score (nSPS) is 10.7. The number of rotatable bonds is 10. The van der Waals surface area contributed by atoms with E-state index in [1.807, 2.05) is 49.6 Å². The molecule has 2 aromatic heterocycles. The van der Waals surface area contributed by atoms with Gasteiger partial charge >= 0.3 is 11.9 Å². The monoisotopic (exact) mass is 497 g/mol. The maximum absolute atomic E-state index is 12.5. The number of benzene rings is 1. The Morgan fingerprint density at radius 1 is 1.06 bits per heavy atom. The van der Waals surface area contributed by atoms with Gasteiger partial charge in [-0.2, -0.15) is 5.10 Å². The average molecular weight is 498 g/mol. The summed E-state index contributed by atoms with van der Waals surface area (Å²) < 4.78 is 11.4. The molecular weight excluding hydrogens is 470 g/mol. The molecule has 0 aliphatic heterocycles. The molecule has 0 radical (unpaired) electrons. The van der Waals surface area contributed by atoms with Crippen molar-refractivity contribution < 1.29 is 23.9 Å². The van der Waals surface area contributed by atoms with E-state index >= 15 is 0 Å². The maximum Gasteiger partial charge on any atom is 0.359 e. The largest absolute Gasteiger partial charge is 0.462 e. The zero-order valence-electron chi connectivity index (χ0n) is 19.8. The molecule has 9 nitrogen and oxygen atoms in total. The van der Waals surface area contributed by atoms with Gasteiger partial charge in [-0.15, -0.1) is 11.3 Å². The lowest BCUT2D eigenvalue weighted by Gasteiger charge is -2.10. The zero-order valence-corrected chi connectivity index (χ0v) is 20.6. The van der Waals surface area contributed by atoms with Crippen LogP contribution in [0.25, 0.3) is 0 Å². The summed E-state index contributed by atoms with van der Waals surface area (Å²) in [7, 11) is 0. The van der Waals surface area contributed by atoms with Crippen molar-refractivity contribution in [2.45, 2.75) is 33.7 Å². The van der Waals surface area contributed by atoms with Gasteiger partial charge in [-0.1, -0.05) is 44.2 Å². The van der Waals surface area contributed by atoms with Gasteiger partial charge in [0.15, 0.2) is 12.3 Å². The first-order chi connectivity index (χ1) is 16.8. The van der Waals surface area contributed by atoms with Crippen molar-refractivity contribution in [2.24, 2.45) is 5.92 Å². The van der Waals surface area contributed by atoms with Crippen LogP contribution in [0.4, 0.5) is 5.00 Å². The van der Waals surface area contributed by atoms with Gasteiger partial charge in [0.1, 0.15) is 5.00 Å². The van der Waals surface area contributed by atoms with Gasteiger partial charge in [0.25, 0.3) is 11.5 Å². The lowest BCUT2D eigenvalue weighted by molar-refractivity contribution is -0.119. The molecule has 10 heteroatoms. The van der Waals surface area contributed by atoms with Gasteiger partial charge in [0.05, 0.1) is 18.7 Å². The van der Waals surface area contributed by atoms with Crippen LogP contribution in [0.1, 0.15) is 52.7 Å². The number of esters is 2. The van der Waals surface area contributed by atoms with Crippen LogP contribution in [0.2, 0.25) is 0 Å². The third kappa shape index (κ3) is 7.10.